The van der Waals surface area contributed by atoms with E-state index in [0.29, 0.717) is 5.82 Å². The lowest BCUT2D eigenvalue weighted by atomic mass is 10.2. The summed E-state index contributed by atoms with van der Waals surface area (Å²) in [5.41, 5.74) is 0. The standard InChI is InChI=1S/C10H12ClN3O3S/c11-7-5-18(16,17)6-8(7)13-10(15)14-9-3-1-2-4-12-9/h1-4,7-8H,5-6H2,(H2,12,13,14,15). The number of halogens is 1. The lowest BCUT2D eigenvalue weighted by Crippen LogP contribution is -2.43. The summed E-state index contributed by atoms with van der Waals surface area (Å²) in [5, 5.41) is 4.44. The molecule has 2 heterocycles. The van der Waals surface area contributed by atoms with Gasteiger partial charge in [0.15, 0.2) is 9.84 Å². The van der Waals surface area contributed by atoms with Gasteiger partial charge in [0.1, 0.15) is 5.82 Å². The number of hydrogen-bond acceptors (Lipinski definition) is 4. The number of carbonyl (C=O) groups is 1. The smallest absolute Gasteiger partial charge is 0.320 e. The molecule has 2 unspecified atom stereocenters. The predicted octanol–water partition coefficient (Wildman–Crippen LogP) is 0.607. The summed E-state index contributed by atoms with van der Waals surface area (Å²) in [4.78, 5) is 15.5. The highest BCUT2D eigenvalue weighted by molar-refractivity contribution is 7.91. The molecule has 2 amide bonds. The molecular weight excluding hydrogens is 278 g/mol. The molecule has 6 nitrogen and oxygen atoms in total. The Labute approximate surface area is 110 Å². The molecular formula is C10H12ClN3O3S. The fourth-order valence-electron chi connectivity index (χ4n) is 1.69. The first-order valence-corrected chi connectivity index (χ1v) is 7.55. The Morgan fingerprint density at radius 1 is 1.39 bits per heavy atom. The first-order chi connectivity index (χ1) is 8.46. The van der Waals surface area contributed by atoms with Crippen LogP contribution < -0.4 is 10.6 Å². The van der Waals surface area contributed by atoms with Gasteiger partial charge in [-0.1, -0.05) is 6.07 Å². The predicted molar refractivity (Wildman–Crippen MR) is 68.5 cm³/mol. The van der Waals surface area contributed by atoms with Crippen LogP contribution in [0.2, 0.25) is 0 Å². The Hall–Kier alpha value is -1.34. The summed E-state index contributed by atoms with van der Waals surface area (Å²) in [5.74, 6) is 0.155. The molecule has 1 aliphatic rings. The first kappa shape index (κ1) is 13.1. The lowest BCUT2D eigenvalue weighted by molar-refractivity contribution is 0.249. The summed E-state index contributed by atoms with van der Waals surface area (Å²) in [6, 6.07) is 4.00. The third kappa shape index (κ3) is 3.33. The first-order valence-electron chi connectivity index (χ1n) is 5.29. The number of nitrogens with zero attached hydrogens (tertiary/aromatic N) is 1. The largest absolute Gasteiger partial charge is 0.333 e. The molecule has 1 fully saturated rings. The average Bonchev–Trinajstić information content (AvgIpc) is 2.53. The van der Waals surface area contributed by atoms with Crippen LogP contribution in [-0.4, -0.2) is 42.4 Å². The number of hydrogen-bond donors (Lipinski definition) is 2. The highest BCUT2D eigenvalue weighted by Gasteiger charge is 2.37. The van der Waals surface area contributed by atoms with Crippen molar-refractivity contribution in [2.45, 2.75) is 11.4 Å². The Bertz CT molecular complexity index is 535. The van der Waals surface area contributed by atoms with E-state index in [-0.39, 0.29) is 11.5 Å². The van der Waals surface area contributed by atoms with Gasteiger partial charge in [0.2, 0.25) is 0 Å². The molecule has 98 valence electrons. The van der Waals surface area contributed by atoms with Gasteiger partial charge in [-0.05, 0) is 12.1 Å². The molecule has 0 spiro atoms. The zero-order valence-corrected chi connectivity index (χ0v) is 10.9. The summed E-state index contributed by atoms with van der Waals surface area (Å²) in [7, 11) is -3.15. The van der Waals surface area contributed by atoms with Crippen molar-refractivity contribution in [1.82, 2.24) is 10.3 Å². The normalized spacial score (nSPS) is 25.6. The van der Waals surface area contributed by atoms with Gasteiger partial charge in [-0.3, -0.25) is 5.32 Å². The van der Waals surface area contributed by atoms with Crippen LogP contribution in [0.3, 0.4) is 0 Å². The molecule has 0 bridgehead atoms. The van der Waals surface area contributed by atoms with Crippen molar-refractivity contribution in [1.29, 1.82) is 0 Å². The van der Waals surface area contributed by atoms with Gasteiger partial charge >= 0.3 is 6.03 Å². The number of pyridine rings is 1. The van der Waals surface area contributed by atoms with Gasteiger partial charge in [0.05, 0.1) is 22.9 Å². The maximum atomic E-state index is 11.6. The molecule has 1 saturated heterocycles. The second-order valence-corrected chi connectivity index (χ2v) is 6.73. The molecule has 0 radical (unpaired) electrons. The van der Waals surface area contributed by atoms with Crippen molar-refractivity contribution >= 4 is 33.3 Å². The highest BCUT2D eigenvalue weighted by atomic mass is 35.5. The van der Waals surface area contributed by atoms with Crippen molar-refractivity contribution in [3.8, 4) is 0 Å². The topological polar surface area (TPSA) is 88.2 Å². The van der Waals surface area contributed by atoms with Gasteiger partial charge in [-0.25, -0.2) is 18.2 Å². The Morgan fingerprint density at radius 2 is 2.17 bits per heavy atom. The fourth-order valence-corrected chi connectivity index (χ4v) is 4.24. The Morgan fingerprint density at radius 3 is 2.72 bits per heavy atom. The maximum Gasteiger partial charge on any atom is 0.320 e. The second kappa shape index (κ2) is 5.11. The van der Waals surface area contributed by atoms with Crippen LogP contribution in [0.15, 0.2) is 24.4 Å². The molecule has 18 heavy (non-hydrogen) atoms. The summed E-state index contributed by atoms with van der Waals surface area (Å²) in [6.07, 6.45) is 1.54. The Kier molecular flexibility index (Phi) is 3.72. The summed E-state index contributed by atoms with van der Waals surface area (Å²) < 4.78 is 22.6. The second-order valence-electron chi connectivity index (χ2n) is 4.01. The number of urea groups is 1. The minimum atomic E-state index is -3.15. The van der Waals surface area contributed by atoms with Crippen LogP contribution >= 0.6 is 11.6 Å². The van der Waals surface area contributed by atoms with Crippen LogP contribution in [0.4, 0.5) is 10.6 Å². The lowest BCUT2D eigenvalue weighted by Gasteiger charge is -2.14. The van der Waals surface area contributed by atoms with E-state index in [1.165, 1.54) is 0 Å². The van der Waals surface area contributed by atoms with E-state index in [1.807, 2.05) is 0 Å². The van der Waals surface area contributed by atoms with Crippen molar-refractivity contribution in [2.75, 3.05) is 16.8 Å². The van der Waals surface area contributed by atoms with Crippen molar-refractivity contribution in [2.24, 2.45) is 0 Å². The molecule has 0 aliphatic carbocycles. The van der Waals surface area contributed by atoms with E-state index in [4.69, 9.17) is 11.6 Å². The zero-order chi connectivity index (χ0) is 13.2. The van der Waals surface area contributed by atoms with Gasteiger partial charge in [0, 0.05) is 6.20 Å². The van der Waals surface area contributed by atoms with Crippen LogP contribution in [0.5, 0.6) is 0 Å². The molecule has 0 aromatic carbocycles. The zero-order valence-electron chi connectivity index (χ0n) is 9.34. The quantitative estimate of drug-likeness (QED) is 0.781. The number of amides is 2. The van der Waals surface area contributed by atoms with Crippen LogP contribution in [-0.2, 0) is 9.84 Å². The highest BCUT2D eigenvalue weighted by Crippen LogP contribution is 2.18. The van der Waals surface area contributed by atoms with Crippen LogP contribution in [0, 0.1) is 0 Å². The molecule has 2 atom stereocenters. The Balaban J connectivity index is 1.93. The van der Waals surface area contributed by atoms with E-state index in [9.17, 15) is 13.2 Å². The fraction of sp³-hybridized carbons (Fsp3) is 0.400. The number of anilines is 1. The van der Waals surface area contributed by atoms with Crippen molar-refractivity contribution in [3.05, 3.63) is 24.4 Å². The van der Waals surface area contributed by atoms with Gasteiger partial charge < -0.3 is 5.32 Å². The monoisotopic (exact) mass is 289 g/mol. The van der Waals surface area contributed by atoms with E-state index in [1.54, 1.807) is 24.4 Å². The third-order valence-corrected chi connectivity index (χ3v) is 4.88. The molecule has 1 aromatic rings. The number of nitrogens with one attached hydrogen (secondary N) is 2. The van der Waals surface area contributed by atoms with E-state index in [2.05, 4.69) is 15.6 Å². The van der Waals surface area contributed by atoms with Crippen LogP contribution in [0.25, 0.3) is 0 Å². The van der Waals surface area contributed by atoms with Gasteiger partial charge in [-0.15, -0.1) is 11.6 Å². The number of carbonyl (C=O) groups excluding carboxylic acids is 1. The molecule has 8 heteroatoms. The minimum absolute atomic E-state index is 0.108. The van der Waals surface area contributed by atoms with Gasteiger partial charge in [0.25, 0.3) is 0 Å². The molecule has 2 N–H and O–H groups in total. The summed E-state index contributed by atoms with van der Waals surface area (Å²) in [6.45, 7) is 0. The van der Waals surface area contributed by atoms with Gasteiger partial charge in [-0.2, -0.15) is 0 Å². The van der Waals surface area contributed by atoms with E-state index in [0.717, 1.165) is 0 Å². The van der Waals surface area contributed by atoms with Crippen molar-refractivity contribution in [3.63, 3.8) is 0 Å². The summed E-state index contributed by atoms with van der Waals surface area (Å²) >= 11 is 5.87. The van der Waals surface area contributed by atoms with Crippen LogP contribution in [0.1, 0.15) is 0 Å². The molecule has 2 rings (SSSR count). The number of alkyl halides is 1. The maximum absolute atomic E-state index is 11.6. The minimum Gasteiger partial charge on any atom is -0.333 e. The van der Waals surface area contributed by atoms with E-state index >= 15 is 0 Å². The average molecular weight is 290 g/mol. The van der Waals surface area contributed by atoms with E-state index < -0.39 is 27.3 Å². The molecule has 1 aliphatic heterocycles. The molecule has 0 saturated carbocycles. The molecule has 1 aromatic heterocycles. The van der Waals surface area contributed by atoms with Crippen molar-refractivity contribution < 1.29 is 13.2 Å². The number of sulfone groups is 1. The number of rotatable bonds is 2. The SMILES string of the molecule is O=C(Nc1ccccn1)NC1CS(=O)(=O)CC1Cl. The number of aromatic nitrogens is 1. The third-order valence-electron chi connectivity index (χ3n) is 2.51.